The van der Waals surface area contributed by atoms with Gasteiger partial charge in [0.05, 0.1) is 27.2 Å². The van der Waals surface area contributed by atoms with Crippen LogP contribution in [0.5, 0.6) is 0 Å². The van der Waals surface area contributed by atoms with Crippen LogP contribution >= 0.6 is 34.8 Å². The van der Waals surface area contributed by atoms with Gasteiger partial charge in [0.1, 0.15) is 6.54 Å². The summed E-state index contributed by atoms with van der Waals surface area (Å²) in [5.41, 5.74) is 0.00818. The van der Waals surface area contributed by atoms with E-state index >= 15 is 0 Å². The van der Waals surface area contributed by atoms with Crippen molar-refractivity contribution < 1.29 is 17.9 Å². The third-order valence-corrected chi connectivity index (χ3v) is 5.79. The number of halogens is 3. The van der Waals surface area contributed by atoms with Crippen molar-refractivity contribution in [2.75, 3.05) is 17.5 Å². The molecule has 0 amide bonds. The van der Waals surface area contributed by atoms with Crippen LogP contribution in [0.25, 0.3) is 0 Å². The Labute approximate surface area is 161 Å². The minimum absolute atomic E-state index is 0.00818. The number of carbonyl (C=O) groups excluding carboxylic acids is 1. The predicted octanol–water partition coefficient (Wildman–Crippen LogP) is 4.41. The second kappa shape index (κ2) is 8.27. The van der Waals surface area contributed by atoms with E-state index in [2.05, 4.69) is 0 Å². The topological polar surface area (TPSA) is 63.7 Å². The normalized spacial score (nSPS) is 11.2. The minimum atomic E-state index is -4.12. The number of benzene rings is 2. The molecule has 2 rings (SSSR count). The highest BCUT2D eigenvalue weighted by Gasteiger charge is 2.30. The molecule has 0 unspecified atom stereocenters. The van der Waals surface area contributed by atoms with Gasteiger partial charge in [-0.15, -0.1) is 0 Å². The van der Waals surface area contributed by atoms with Crippen LogP contribution in [0.4, 0.5) is 5.69 Å². The molecular weight excluding hydrogens is 409 g/mol. The van der Waals surface area contributed by atoms with Crippen molar-refractivity contribution in [3.05, 3.63) is 57.5 Å². The van der Waals surface area contributed by atoms with Crippen molar-refractivity contribution in [1.29, 1.82) is 0 Å². The van der Waals surface area contributed by atoms with Crippen LogP contribution in [-0.2, 0) is 19.6 Å². The van der Waals surface area contributed by atoms with Crippen LogP contribution in [0.15, 0.2) is 47.4 Å². The molecule has 2 aromatic rings. The number of hydrogen-bond donors (Lipinski definition) is 0. The highest BCUT2D eigenvalue weighted by atomic mass is 35.5. The fourth-order valence-electron chi connectivity index (χ4n) is 2.07. The van der Waals surface area contributed by atoms with Gasteiger partial charge in [-0.05, 0) is 43.3 Å². The van der Waals surface area contributed by atoms with Gasteiger partial charge in [0.2, 0.25) is 0 Å². The lowest BCUT2D eigenvalue weighted by Gasteiger charge is -2.25. The first-order valence-electron chi connectivity index (χ1n) is 7.15. The van der Waals surface area contributed by atoms with Crippen LogP contribution in [-0.4, -0.2) is 27.5 Å². The van der Waals surface area contributed by atoms with Crippen molar-refractivity contribution in [3.63, 3.8) is 0 Å². The van der Waals surface area contributed by atoms with Crippen LogP contribution in [0.2, 0.25) is 15.1 Å². The van der Waals surface area contributed by atoms with E-state index in [0.717, 1.165) is 4.31 Å². The molecule has 0 atom stereocenters. The van der Waals surface area contributed by atoms with Gasteiger partial charge in [-0.25, -0.2) is 8.42 Å². The van der Waals surface area contributed by atoms with Gasteiger partial charge < -0.3 is 4.74 Å². The summed E-state index contributed by atoms with van der Waals surface area (Å²) in [5, 5.41) is 0.565. The highest BCUT2D eigenvalue weighted by molar-refractivity contribution is 7.92. The fraction of sp³-hybridized carbons (Fsp3) is 0.188. The Hall–Kier alpha value is -1.47. The van der Waals surface area contributed by atoms with E-state index in [1.54, 1.807) is 13.0 Å². The molecule has 0 saturated carbocycles. The number of hydrogen-bond acceptors (Lipinski definition) is 4. The van der Waals surface area contributed by atoms with Gasteiger partial charge >= 0.3 is 5.97 Å². The van der Waals surface area contributed by atoms with Crippen LogP contribution < -0.4 is 4.31 Å². The Balaban J connectivity index is 2.58. The molecular formula is C16H14Cl3NO4S. The van der Waals surface area contributed by atoms with E-state index in [9.17, 15) is 13.2 Å². The van der Waals surface area contributed by atoms with E-state index < -0.39 is 22.5 Å². The van der Waals surface area contributed by atoms with E-state index in [-0.39, 0.29) is 27.2 Å². The number of para-hydroxylation sites is 1. The second-order valence-electron chi connectivity index (χ2n) is 4.84. The zero-order chi connectivity index (χ0) is 18.6. The van der Waals surface area contributed by atoms with Crippen molar-refractivity contribution in [2.24, 2.45) is 0 Å². The van der Waals surface area contributed by atoms with Crippen molar-refractivity contribution in [2.45, 2.75) is 11.8 Å². The average Bonchev–Trinajstić information content (AvgIpc) is 2.54. The summed E-state index contributed by atoms with van der Waals surface area (Å²) in [5.74, 6) is -0.726. The summed E-state index contributed by atoms with van der Waals surface area (Å²) < 4.78 is 31.8. The fourth-order valence-corrected chi connectivity index (χ4v) is 4.34. The maximum Gasteiger partial charge on any atom is 0.326 e. The average molecular weight is 423 g/mol. The van der Waals surface area contributed by atoms with Gasteiger partial charge in [0, 0.05) is 5.02 Å². The first-order valence-corrected chi connectivity index (χ1v) is 9.72. The number of nitrogens with zero attached hydrogens (tertiary/aromatic N) is 1. The zero-order valence-electron chi connectivity index (χ0n) is 13.1. The smallest absolute Gasteiger partial charge is 0.326 e. The molecule has 0 aliphatic heterocycles. The molecule has 9 heteroatoms. The minimum Gasteiger partial charge on any atom is -0.465 e. The quantitative estimate of drug-likeness (QED) is 0.647. The Morgan fingerprint density at radius 3 is 2.12 bits per heavy atom. The maximum absolute atomic E-state index is 13.0. The maximum atomic E-state index is 13.0. The van der Waals surface area contributed by atoms with Gasteiger partial charge in [0.15, 0.2) is 0 Å². The Kier molecular flexibility index (Phi) is 6.57. The molecule has 0 spiro atoms. The van der Waals surface area contributed by atoms with Crippen molar-refractivity contribution in [3.8, 4) is 0 Å². The predicted molar refractivity (Wildman–Crippen MR) is 99.1 cm³/mol. The lowest BCUT2D eigenvalue weighted by Crippen LogP contribution is -2.37. The van der Waals surface area contributed by atoms with Crippen molar-refractivity contribution >= 4 is 56.5 Å². The summed E-state index contributed by atoms with van der Waals surface area (Å²) in [6, 6.07) is 10.1. The molecule has 0 heterocycles. The number of rotatable bonds is 6. The third kappa shape index (κ3) is 4.58. The number of esters is 1. The molecule has 0 aliphatic carbocycles. The molecule has 25 heavy (non-hydrogen) atoms. The summed E-state index contributed by atoms with van der Waals surface area (Å²) in [6.07, 6.45) is 0. The standard InChI is InChI=1S/C16H14Cl3NO4S/c1-2-24-15(21)10-20(16-13(18)4-3-5-14(16)19)25(22,23)12-8-6-11(17)7-9-12/h3-9H,2,10H2,1H3. The van der Waals surface area contributed by atoms with Crippen molar-refractivity contribution in [1.82, 2.24) is 0 Å². The van der Waals surface area contributed by atoms with E-state index in [1.807, 2.05) is 0 Å². The number of ether oxygens (including phenoxy) is 1. The van der Waals surface area contributed by atoms with Gasteiger partial charge in [0.25, 0.3) is 10.0 Å². The molecule has 0 N–H and O–H groups in total. The SMILES string of the molecule is CCOC(=O)CN(c1c(Cl)cccc1Cl)S(=O)(=O)c1ccc(Cl)cc1. The Morgan fingerprint density at radius 1 is 1.04 bits per heavy atom. The summed E-state index contributed by atoms with van der Waals surface area (Å²) in [4.78, 5) is 11.9. The molecule has 0 bridgehead atoms. The first kappa shape index (κ1) is 19.8. The third-order valence-electron chi connectivity index (χ3n) is 3.17. The largest absolute Gasteiger partial charge is 0.465 e. The van der Waals surface area contributed by atoms with Crippen LogP contribution in [0.1, 0.15) is 6.92 Å². The van der Waals surface area contributed by atoms with E-state index in [0.29, 0.717) is 5.02 Å². The van der Waals surface area contributed by atoms with E-state index in [4.69, 9.17) is 39.5 Å². The Bertz CT molecular complexity index is 849. The summed E-state index contributed by atoms with van der Waals surface area (Å²) in [7, 11) is -4.12. The number of sulfonamides is 1. The molecule has 0 aliphatic rings. The van der Waals surface area contributed by atoms with Crippen LogP contribution in [0.3, 0.4) is 0 Å². The first-order chi connectivity index (χ1) is 11.8. The molecule has 0 radical (unpaired) electrons. The van der Waals surface area contributed by atoms with Gasteiger partial charge in [-0.1, -0.05) is 40.9 Å². The zero-order valence-corrected chi connectivity index (χ0v) is 16.2. The monoisotopic (exact) mass is 421 g/mol. The number of anilines is 1. The molecule has 5 nitrogen and oxygen atoms in total. The van der Waals surface area contributed by atoms with E-state index in [1.165, 1.54) is 36.4 Å². The highest BCUT2D eigenvalue weighted by Crippen LogP contribution is 2.36. The lowest BCUT2D eigenvalue weighted by molar-refractivity contribution is -0.141. The molecule has 0 fully saturated rings. The molecule has 134 valence electrons. The summed E-state index contributed by atoms with van der Waals surface area (Å²) >= 11 is 18.1. The van der Waals surface area contributed by atoms with Gasteiger partial charge in [-0.3, -0.25) is 9.10 Å². The van der Waals surface area contributed by atoms with Gasteiger partial charge in [-0.2, -0.15) is 0 Å². The molecule has 2 aromatic carbocycles. The summed E-state index contributed by atoms with van der Waals surface area (Å²) in [6.45, 7) is 1.17. The second-order valence-corrected chi connectivity index (χ2v) is 7.95. The molecule has 0 aromatic heterocycles. The Morgan fingerprint density at radius 2 is 1.60 bits per heavy atom. The lowest BCUT2D eigenvalue weighted by atomic mass is 10.3. The number of carbonyl (C=O) groups is 1. The van der Waals surface area contributed by atoms with Crippen LogP contribution in [0, 0.1) is 0 Å². The molecule has 0 saturated heterocycles.